The number of aromatic nitrogens is 4. The fraction of sp³-hybridized carbons (Fsp3) is 0.320. The lowest BCUT2D eigenvalue weighted by Crippen LogP contribution is -2.46. The first-order valence-electron chi connectivity index (χ1n) is 11.4. The minimum absolute atomic E-state index is 0.231. The van der Waals surface area contributed by atoms with Crippen molar-refractivity contribution in [3.05, 3.63) is 91.9 Å². The van der Waals surface area contributed by atoms with Crippen molar-refractivity contribution in [3.8, 4) is 0 Å². The van der Waals surface area contributed by atoms with Crippen LogP contribution >= 0.6 is 0 Å². The normalized spacial score (nSPS) is 14.7. The number of aryl methyl sites for hydroxylation is 2. The number of nitrogens with one attached hydrogen (secondary N) is 1. The average Bonchev–Trinajstić information content (AvgIpc) is 3.21. The highest BCUT2D eigenvalue weighted by Gasteiger charge is 2.25. The first-order chi connectivity index (χ1) is 16.4. The van der Waals surface area contributed by atoms with E-state index < -0.39 is 11.2 Å². The molecule has 1 fully saturated rings. The highest BCUT2D eigenvalue weighted by atomic mass is 19.1. The second-order valence-corrected chi connectivity index (χ2v) is 8.86. The molecule has 9 heteroatoms. The Labute approximate surface area is 195 Å². The van der Waals surface area contributed by atoms with Crippen LogP contribution < -0.4 is 16.1 Å². The summed E-state index contributed by atoms with van der Waals surface area (Å²) in [5, 5.41) is 0. The second kappa shape index (κ2) is 8.90. The minimum atomic E-state index is -0.479. The molecule has 0 radical (unpaired) electrons. The first kappa shape index (κ1) is 22.1. The Morgan fingerprint density at radius 2 is 1.53 bits per heavy atom. The lowest BCUT2D eigenvalue weighted by atomic mass is 10.1. The maximum absolute atomic E-state index is 13.2. The van der Waals surface area contributed by atoms with Crippen molar-refractivity contribution < 1.29 is 4.39 Å². The number of halogens is 1. The van der Waals surface area contributed by atoms with E-state index in [1.807, 2.05) is 47.9 Å². The molecule has 1 saturated heterocycles. The van der Waals surface area contributed by atoms with Gasteiger partial charge in [0.1, 0.15) is 5.82 Å². The summed E-state index contributed by atoms with van der Waals surface area (Å²) in [7, 11) is 1.62. The molecule has 0 saturated carbocycles. The minimum Gasteiger partial charge on any atom is -0.340 e. The molecule has 176 valence electrons. The number of aromatic amines is 1. The molecule has 0 bridgehead atoms. The molecule has 1 aliphatic heterocycles. The van der Waals surface area contributed by atoms with Gasteiger partial charge in [-0.15, -0.1) is 0 Å². The standard InChI is InChI=1S/C25H27FN6O2/c1-17-3-5-19(6-4-17)16-32-21-22(29(2)25(34)28-23(21)33)27-24(32)31-13-11-30(12-14-31)15-18-7-9-20(26)10-8-18/h3-10H,11-16H2,1-2H3,(H,28,33,34). The van der Waals surface area contributed by atoms with Crippen molar-refractivity contribution in [1.82, 2.24) is 24.0 Å². The zero-order valence-electron chi connectivity index (χ0n) is 19.3. The Balaban J connectivity index is 1.45. The van der Waals surface area contributed by atoms with Crippen molar-refractivity contribution in [2.45, 2.75) is 20.0 Å². The zero-order chi connectivity index (χ0) is 23.8. The third kappa shape index (κ3) is 4.26. The summed E-state index contributed by atoms with van der Waals surface area (Å²) in [6, 6.07) is 14.8. The summed E-state index contributed by atoms with van der Waals surface area (Å²) >= 11 is 0. The van der Waals surface area contributed by atoms with Crippen LogP contribution in [0.5, 0.6) is 0 Å². The largest absolute Gasteiger partial charge is 0.340 e. The Morgan fingerprint density at radius 3 is 2.21 bits per heavy atom. The van der Waals surface area contributed by atoms with E-state index in [-0.39, 0.29) is 5.82 Å². The summed E-state index contributed by atoms with van der Waals surface area (Å²) < 4.78 is 16.5. The Hall–Kier alpha value is -3.72. The fourth-order valence-electron chi connectivity index (χ4n) is 4.44. The SMILES string of the molecule is Cc1ccc(Cn2c(N3CCN(Cc4ccc(F)cc4)CC3)nc3c2c(=O)[nH]c(=O)n3C)cc1. The smallest absolute Gasteiger partial charge is 0.329 e. The molecule has 0 amide bonds. The number of piperazine rings is 1. The van der Waals surface area contributed by atoms with Gasteiger partial charge < -0.3 is 4.90 Å². The summed E-state index contributed by atoms with van der Waals surface area (Å²) in [6.45, 7) is 6.33. The summed E-state index contributed by atoms with van der Waals surface area (Å²) in [4.78, 5) is 36.7. The Kier molecular flexibility index (Phi) is 5.79. The van der Waals surface area contributed by atoms with Gasteiger partial charge in [0.15, 0.2) is 11.2 Å². The van der Waals surface area contributed by atoms with Gasteiger partial charge in [-0.05, 0) is 30.2 Å². The van der Waals surface area contributed by atoms with E-state index in [9.17, 15) is 14.0 Å². The number of rotatable bonds is 5. The van der Waals surface area contributed by atoms with Gasteiger partial charge in [0.25, 0.3) is 5.56 Å². The molecule has 0 spiro atoms. The first-order valence-corrected chi connectivity index (χ1v) is 11.4. The van der Waals surface area contributed by atoms with Crippen LogP contribution in [0.4, 0.5) is 10.3 Å². The molecule has 34 heavy (non-hydrogen) atoms. The van der Waals surface area contributed by atoms with E-state index in [2.05, 4.69) is 14.8 Å². The van der Waals surface area contributed by atoms with Gasteiger partial charge >= 0.3 is 5.69 Å². The van der Waals surface area contributed by atoms with Crippen LogP contribution in [0.3, 0.4) is 0 Å². The second-order valence-electron chi connectivity index (χ2n) is 8.86. The monoisotopic (exact) mass is 462 g/mol. The average molecular weight is 463 g/mol. The third-order valence-corrected chi connectivity index (χ3v) is 6.42. The molecule has 0 atom stereocenters. The molecule has 1 aliphatic rings. The molecule has 8 nitrogen and oxygen atoms in total. The number of H-pyrrole nitrogens is 1. The fourth-order valence-corrected chi connectivity index (χ4v) is 4.44. The molecular formula is C25H27FN6O2. The van der Waals surface area contributed by atoms with Gasteiger partial charge in [0.05, 0.1) is 6.54 Å². The number of hydrogen-bond acceptors (Lipinski definition) is 5. The van der Waals surface area contributed by atoms with Crippen LogP contribution in [0.1, 0.15) is 16.7 Å². The van der Waals surface area contributed by atoms with Crippen LogP contribution in [0, 0.1) is 12.7 Å². The van der Waals surface area contributed by atoms with Crippen LogP contribution in [0.2, 0.25) is 0 Å². The Bertz CT molecular complexity index is 1430. The van der Waals surface area contributed by atoms with Crippen molar-refractivity contribution in [2.75, 3.05) is 31.1 Å². The van der Waals surface area contributed by atoms with Gasteiger partial charge in [-0.25, -0.2) is 9.18 Å². The van der Waals surface area contributed by atoms with E-state index >= 15 is 0 Å². The molecule has 0 unspecified atom stereocenters. The van der Waals surface area contributed by atoms with Crippen molar-refractivity contribution >= 4 is 17.1 Å². The van der Waals surface area contributed by atoms with E-state index in [1.54, 1.807) is 7.05 Å². The van der Waals surface area contributed by atoms with E-state index in [0.717, 1.165) is 49.4 Å². The van der Waals surface area contributed by atoms with Gasteiger partial charge in [0, 0.05) is 39.8 Å². The number of hydrogen-bond donors (Lipinski definition) is 1. The molecule has 0 aliphatic carbocycles. The van der Waals surface area contributed by atoms with Crippen molar-refractivity contribution in [1.29, 1.82) is 0 Å². The van der Waals surface area contributed by atoms with Crippen LogP contribution in [0.15, 0.2) is 58.1 Å². The number of anilines is 1. The lowest BCUT2D eigenvalue weighted by Gasteiger charge is -2.35. The molecule has 3 heterocycles. The maximum atomic E-state index is 13.2. The molecule has 5 rings (SSSR count). The topological polar surface area (TPSA) is 79.2 Å². The lowest BCUT2D eigenvalue weighted by molar-refractivity contribution is 0.248. The number of fused-ring (bicyclic) bond motifs is 1. The van der Waals surface area contributed by atoms with Crippen molar-refractivity contribution in [3.63, 3.8) is 0 Å². The predicted octanol–water partition coefficient (Wildman–Crippen LogP) is 2.24. The van der Waals surface area contributed by atoms with Gasteiger partial charge in [-0.3, -0.25) is 23.8 Å². The van der Waals surface area contributed by atoms with Gasteiger partial charge in [0.2, 0.25) is 5.95 Å². The number of imidazole rings is 1. The molecule has 1 N–H and O–H groups in total. The summed E-state index contributed by atoms with van der Waals surface area (Å²) in [5.41, 5.74) is 3.15. The third-order valence-electron chi connectivity index (χ3n) is 6.42. The summed E-state index contributed by atoms with van der Waals surface area (Å²) in [5.74, 6) is 0.453. The van der Waals surface area contributed by atoms with Crippen molar-refractivity contribution in [2.24, 2.45) is 7.05 Å². The number of benzene rings is 2. The molecular weight excluding hydrogens is 435 g/mol. The Morgan fingerprint density at radius 1 is 0.912 bits per heavy atom. The molecule has 2 aromatic carbocycles. The zero-order valence-corrected chi connectivity index (χ0v) is 19.3. The highest BCUT2D eigenvalue weighted by Crippen LogP contribution is 2.23. The summed E-state index contributed by atoms with van der Waals surface area (Å²) in [6.07, 6.45) is 0. The maximum Gasteiger partial charge on any atom is 0.329 e. The van der Waals surface area contributed by atoms with E-state index in [4.69, 9.17) is 4.98 Å². The predicted molar refractivity (Wildman–Crippen MR) is 130 cm³/mol. The molecule has 4 aromatic rings. The highest BCUT2D eigenvalue weighted by molar-refractivity contribution is 5.74. The molecule has 2 aromatic heterocycles. The van der Waals surface area contributed by atoms with Crippen LogP contribution in [-0.4, -0.2) is 50.2 Å². The van der Waals surface area contributed by atoms with Crippen LogP contribution in [0.25, 0.3) is 11.2 Å². The van der Waals surface area contributed by atoms with Gasteiger partial charge in [-0.1, -0.05) is 42.0 Å². The number of nitrogens with zero attached hydrogens (tertiary/aromatic N) is 5. The van der Waals surface area contributed by atoms with Crippen LogP contribution in [-0.2, 0) is 20.1 Å². The van der Waals surface area contributed by atoms with Gasteiger partial charge in [-0.2, -0.15) is 4.98 Å². The quantitative estimate of drug-likeness (QED) is 0.492. The van der Waals surface area contributed by atoms with E-state index in [0.29, 0.717) is 23.7 Å². The van der Waals surface area contributed by atoms with E-state index in [1.165, 1.54) is 16.7 Å².